The first-order valence-corrected chi connectivity index (χ1v) is 9.35. The summed E-state index contributed by atoms with van der Waals surface area (Å²) in [5.74, 6) is -0.995. The molecule has 2 aromatic heterocycles. The molecule has 30 heavy (non-hydrogen) atoms. The number of hydrogen-bond donors (Lipinski definition) is 2. The molecule has 0 fully saturated rings. The topological polar surface area (TPSA) is 93.8 Å². The number of nitrogens with zero attached hydrogens (tertiary/aromatic N) is 4. The van der Waals surface area contributed by atoms with Crippen molar-refractivity contribution in [1.82, 2.24) is 19.6 Å². The van der Waals surface area contributed by atoms with Crippen LogP contribution in [-0.2, 0) is 24.6 Å². The molecule has 0 saturated heterocycles. The van der Waals surface area contributed by atoms with Gasteiger partial charge in [0.2, 0.25) is 5.91 Å². The lowest BCUT2D eigenvalue weighted by molar-refractivity contribution is -0.142. The van der Waals surface area contributed by atoms with Gasteiger partial charge in [-0.15, -0.1) is 0 Å². The number of aromatic nitrogens is 4. The van der Waals surface area contributed by atoms with Crippen LogP contribution in [0.1, 0.15) is 21.9 Å². The molecular formula is C18H16BrF3N6O2. The number of amides is 2. The Hall–Kier alpha value is -3.15. The number of carbonyl (C=O) groups excluding carboxylic acids is 2. The van der Waals surface area contributed by atoms with Crippen molar-refractivity contribution in [3.63, 3.8) is 0 Å². The fraction of sp³-hybridized carbons (Fsp3) is 0.222. The number of hydrogen-bond acceptors (Lipinski definition) is 4. The van der Waals surface area contributed by atoms with Gasteiger partial charge in [-0.3, -0.25) is 19.0 Å². The number of halogens is 4. The number of alkyl halides is 3. The minimum absolute atomic E-state index is 0.175. The van der Waals surface area contributed by atoms with E-state index in [1.807, 2.05) is 0 Å². The van der Waals surface area contributed by atoms with E-state index in [9.17, 15) is 22.8 Å². The molecule has 158 valence electrons. The van der Waals surface area contributed by atoms with Gasteiger partial charge in [-0.2, -0.15) is 23.4 Å². The van der Waals surface area contributed by atoms with Gasteiger partial charge in [0.15, 0.2) is 11.4 Å². The molecule has 2 N–H and O–H groups in total. The lowest BCUT2D eigenvalue weighted by Crippen LogP contribution is -2.21. The van der Waals surface area contributed by atoms with Crippen LogP contribution in [0.25, 0.3) is 0 Å². The first-order valence-electron chi connectivity index (χ1n) is 8.55. The Morgan fingerprint density at radius 2 is 1.80 bits per heavy atom. The van der Waals surface area contributed by atoms with Crippen molar-refractivity contribution in [3.05, 3.63) is 58.1 Å². The second-order valence-corrected chi connectivity index (χ2v) is 7.15. The molecule has 0 atom stereocenters. The summed E-state index contributed by atoms with van der Waals surface area (Å²) < 4.78 is 41.1. The summed E-state index contributed by atoms with van der Waals surface area (Å²) in [6.45, 7) is 1.01. The predicted molar refractivity (Wildman–Crippen MR) is 106 cm³/mol. The van der Waals surface area contributed by atoms with Crippen LogP contribution in [0.4, 0.5) is 24.5 Å². The monoisotopic (exact) mass is 484 g/mol. The highest BCUT2D eigenvalue weighted by Crippen LogP contribution is 2.35. The van der Waals surface area contributed by atoms with Crippen molar-refractivity contribution in [2.45, 2.75) is 19.6 Å². The summed E-state index contributed by atoms with van der Waals surface area (Å²) in [4.78, 5) is 24.5. The fourth-order valence-corrected chi connectivity index (χ4v) is 3.11. The smallest absolute Gasteiger partial charge is 0.324 e. The highest BCUT2D eigenvalue weighted by molar-refractivity contribution is 9.10. The summed E-state index contributed by atoms with van der Waals surface area (Å²) in [5.41, 5.74) is 0.0904. The van der Waals surface area contributed by atoms with E-state index in [2.05, 4.69) is 36.8 Å². The maximum absolute atomic E-state index is 13.0. The molecule has 2 heterocycles. The Balaban J connectivity index is 1.68. The van der Waals surface area contributed by atoms with Gasteiger partial charge in [-0.05, 0) is 47.1 Å². The number of anilines is 2. The standard InChI is InChI=1S/C18H16BrF3N6O2/c1-10-15(19)16(18(20,21)22)26-28(10)9-14(29)23-11-4-3-5-12(8-11)24-17(30)13-6-7-27(2)25-13/h3-8H,9H2,1-2H3,(H,23,29)(H,24,30). The van der Waals surface area contributed by atoms with Crippen molar-refractivity contribution < 1.29 is 22.8 Å². The van der Waals surface area contributed by atoms with Crippen LogP contribution in [0, 0.1) is 6.92 Å². The van der Waals surface area contributed by atoms with Gasteiger partial charge in [0.25, 0.3) is 5.91 Å². The van der Waals surface area contributed by atoms with Crippen LogP contribution in [0.5, 0.6) is 0 Å². The first kappa shape index (κ1) is 21.6. The van der Waals surface area contributed by atoms with Crippen molar-refractivity contribution in [2.75, 3.05) is 10.6 Å². The van der Waals surface area contributed by atoms with Crippen molar-refractivity contribution in [2.24, 2.45) is 7.05 Å². The van der Waals surface area contributed by atoms with E-state index in [4.69, 9.17) is 0 Å². The molecule has 3 rings (SSSR count). The van der Waals surface area contributed by atoms with Gasteiger partial charge in [0.05, 0.1) is 10.2 Å². The van der Waals surface area contributed by atoms with Crippen LogP contribution < -0.4 is 10.6 Å². The van der Waals surface area contributed by atoms with Crippen LogP contribution >= 0.6 is 15.9 Å². The summed E-state index contributed by atoms with van der Waals surface area (Å²) in [5, 5.41) is 12.7. The Kier molecular flexibility index (Phi) is 5.97. The van der Waals surface area contributed by atoms with E-state index >= 15 is 0 Å². The summed E-state index contributed by atoms with van der Waals surface area (Å²) in [6.07, 6.45) is -3.00. The average Bonchev–Trinajstić information content (AvgIpc) is 3.20. The summed E-state index contributed by atoms with van der Waals surface area (Å²) in [6, 6.07) is 7.90. The molecule has 2 amide bonds. The second kappa shape index (κ2) is 8.30. The molecule has 8 nitrogen and oxygen atoms in total. The molecule has 1 aromatic carbocycles. The molecule has 0 saturated carbocycles. The molecule has 0 spiro atoms. The summed E-state index contributed by atoms with van der Waals surface area (Å²) >= 11 is 2.86. The SMILES string of the molecule is Cc1c(Br)c(C(F)(F)F)nn1CC(=O)Nc1cccc(NC(=O)c2ccn(C)n2)c1. The first-order chi connectivity index (χ1) is 14.0. The van der Waals surface area contributed by atoms with Gasteiger partial charge in [-0.1, -0.05) is 6.07 Å². The molecular weight excluding hydrogens is 469 g/mol. The van der Waals surface area contributed by atoms with E-state index < -0.39 is 30.2 Å². The number of benzene rings is 1. The highest BCUT2D eigenvalue weighted by Gasteiger charge is 2.38. The lowest BCUT2D eigenvalue weighted by atomic mass is 10.2. The zero-order chi connectivity index (χ0) is 22.1. The molecule has 0 aliphatic heterocycles. The van der Waals surface area contributed by atoms with Crippen LogP contribution in [-0.4, -0.2) is 31.4 Å². The van der Waals surface area contributed by atoms with Gasteiger partial charge >= 0.3 is 6.18 Å². The third kappa shape index (κ3) is 4.87. The number of aryl methyl sites for hydroxylation is 1. The Morgan fingerprint density at radius 1 is 1.13 bits per heavy atom. The third-order valence-corrected chi connectivity index (χ3v) is 5.00. The summed E-state index contributed by atoms with van der Waals surface area (Å²) in [7, 11) is 1.68. The molecule has 0 radical (unpaired) electrons. The van der Waals surface area contributed by atoms with Gasteiger partial charge in [0, 0.05) is 24.6 Å². The third-order valence-electron chi connectivity index (χ3n) is 4.05. The molecule has 0 unspecified atom stereocenters. The average molecular weight is 485 g/mol. The molecule has 0 aliphatic carbocycles. The second-order valence-electron chi connectivity index (χ2n) is 6.36. The molecule has 12 heteroatoms. The minimum atomic E-state index is -4.63. The van der Waals surface area contributed by atoms with E-state index in [-0.39, 0.29) is 15.9 Å². The Bertz CT molecular complexity index is 1110. The van der Waals surface area contributed by atoms with Crippen molar-refractivity contribution >= 4 is 39.1 Å². The number of rotatable bonds is 5. The zero-order valence-electron chi connectivity index (χ0n) is 15.8. The van der Waals surface area contributed by atoms with E-state index in [1.165, 1.54) is 17.7 Å². The number of nitrogens with one attached hydrogen (secondary N) is 2. The van der Waals surface area contributed by atoms with E-state index in [0.717, 1.165) is 4.68 Å². The maximum Gasteiger partial charge on any atom is 0.436 e. The van der Waals surface area contributed by atoms with Gasteiger partial charge in [0.1, 0.15) is 6.54 Å². The Labute approximate surface area is 177 Å². The van der Waals surface area contributed by atoms with Crippen LogP contribution in [0.3, 0.4) is 0 Å². The minimum Gasteiger partial charge on any atom is -0.324 e. The van der Waals surface area contributed by atoms with Gasteiger partial charge < -0.3 is 10.6 Å². The van der Waals surface area contributed by atoms with Crippen LogP contribution in [0.15, 0.2) is 41.0 Å². The molecule has 3 aromatic rings. The quantitative estimate of drug-likeness (QED) is 0.578. The maximum atomic E-state index is 13.0. The molecule has 0 bridgehead atoms. The van der Waals surface area contributed by atoms with Gasteiger partial charge in [-0.25, -0.2) is 0 Å². The zero-order valence-corrected chi connectivity index (χ0v) is 17.4. The normalized spacial score (nSPS) is 11.4. The fourth-order valence-electron chi connectivity index (χ4n) is 2.60. The Morgan fingerprint density at radius 3 is 2.37 bits per heavy atom. The van der Waals surface area contributed by atoms with E-state index in [1.54, 1.807) is 37.5 Å². The molecule has 0 aliphatic rings. The van der Waals surface area contributed by atoms with Crippen molar-refractivity contribution in [1.29, 1.82) is 0 Å². The van der Waals surface area contributed by atoms with Crippen LogP contribution in [0.2, 0.25) is 0 Å². The number of carbonyl (C=O) groups is 2. The van der Waals surface area contributed by atoms with Crippen molar-refractivity contribution in [3.8, 4) is 0 Å². The largest absolute Gasteiger partial charge is 0.436 e. The highest BCUT2D eigenvalue weighted by atomic mass is 79.9. The lowest BCUT2D eigenvalue weighted by Gasteiger charge is -2.09. The predicted octanol–water partition coefficient (Wildman–Crippen LogP) is 3.60. The van der Waals surface area contributed by atoms with E-state index in [0.29, 0.717) is 11.4 Å².